The molecule has 2 nitrogen and oxygen atoms in total. The third-order valence-electron chi connectivity index (χ3n) is 1.78. The van der Waals surface area contributed by atoms with Crippen LogP contribution < -0.4 is 0 Å². The first-order chi connectivity index (χ1) is 6.27. The van der Waals surface area contributed by atoms with Gasteiger partial charge in [0.25, 0.3) is 0 Å². The van der Waals surface area contributed by atoms with E-state index >= 15 is 0 Å². The Balaban J connectivity index is 2.52. The smallest absolute Gasteiger partial charge is 0.147 e. The average molecular weight is 175 g/mol. The van der Waals surface area contributed by atoms with Gasteiger partial charge in [-0.25, -0.2) is 9.37 Å². The van der Waals surface area contributed by atoms with E-state index in [9.17, 15) is 4.39 Å². The van der Waals surface area contributed by atoms with Gasteiger partial charge in [0.15, 0.2) is 0 Å². The Hall–Kier alpha value is -1.64. The maximum absolute atomic E-state index is 13.2. The number of benzene rings is 1. The van der Waals surface area contributed by atoms with Crippen molar-refractivity contribution in [1.29, 1.82) is 0 Å². The molecule has 1 aromatic heterocycles. The minimum absolute atomic E-state index is 0.292. The minimum Gasteiger partial charge on any atom is -0.303 e. The van der Waals surface area contributed by atoms with E-state index in [-0.39, 0.29) is 5.82 Å². The van der Waals surface area contributed by atoms with Crippen molar-refractivity contribution in [3.8, 4) is 5.69 Å². The van der Waals surface area contributed by atoms with Gasteiger partial charge in [0.05, 0.1) is 17.7 Å². The minimum atomic E-state index is -0.292. The number of hydrogen-bond acceptors (Lipinski definition) is 1. The Labute approximate surface area is 75.7 Å². The molecule has 3 heteroatoms. The lowest BCUT2D eigenvalue weighted by molar-refractivity contribution is 0.618. The summed E-state index contributed by atoms with van der Waals surface area (Å²) in [5.41, 5.74) is 1.37. The topological polar surface area (TPSA) is 17.8 Å². The highest BCUT2D eigenvalue weighted by Gasteiger charge is 2.02. The molecule has 0 spiro atoms. The first kappa shape index (κ1) is 7.98. The zero-order valence-corrected chi connectivity index (χ0v) is 7.16. The molecular formula is C10H8FN2. The van der Waals surface area contributed by atoms with Crippen LogP contribution in [0.4, 0.5) is 4.39 Å². The van der Waals surface area contributed by atoms with Gasteiger partial charge in [0, 0.05) is 6.20 Å². The molecule has 1 aromatic carbocycles. The number of aryl methyl sites for hydroxylation is 1. The van der Waals surface area contributed by atoms with E-state index < -0.39 is 0 Å². The molecule has 0 saturated heterocycles. The predicted octanol–water partition coefficient (Wildman–Crippen LogP) is 2.12. The normalized spacial score (nSPS) is 10.3. The molecule has 65 valence electrons. The van der Waals surface area contributed by atoms with E-state index in [0.29, 0.717) is 5.69 Å². The number of aromatic nitrogens is 2. The molecule has 0 atom stereocenters. The van der Waals surface area contributed by atoms with Crippen molar-refractivity contribution in [2.75, 3.05) is 0 Å². The average Bonchev–Trinajstić information content (AvgIpc) is 2.53. The fraction of sp³-hybridized carbons (Fsp3) is 0.100. The van der Waals surface area contributed by atoms with Crippen molar-refractivity contribution in [3.05, 3.63) is 48.3 Å². The van der Waals surface area contributed by atoms with Gasteiger partial charge in [-0.05, 0) is 25.1 Å². The number of imidazole rings is 1. The molecule has 0 unspecified atom stereocenters. The van der Waals surface area contributed by atoms with E-state index in [1.54, 1.807) is 29.2 Å². The van der Waals surface area contributed by atoms with Crippen LogP contribution in [0.3, 0.4) is 0 Å². The maximum Gasteiger partial charge on any atom is 0.147 e. The summed E-state index contributed by atoms with van der Waals surface area (Å²) in [6.45, 7) is 1.86. The molecular weight excluding hydrogens is 167 g/mol. The summed E-state index contributed by atoms with van der Waals surface area (Å²) in [5.74, 6) is -0.292. The van der Waals surface area contributed by atoms with E-state index in [1.165, 1.54) is 6.07 Å². The number of hydrogen-bond donors (Lipinski definition) is 0. The summed E-state index contributed by atoms with van der Waals surface area (Å²) < 4.78 is 14.9. The van der Waals surface area contributed by atoms with Gasteiger partial charge >= 0.3 is 0 Å². The molecule has 13 heavy (non-hydrogen) atoms. The van der Waals surface area contributed by atoms with Crippen LogP contribution in [0.2, 0.25) is 0 Å². The predicted molar refractivity (Wildman–Crippen MR) is 47.1 cm³/mol. The van der Waals surface area contributed by atoms with Gasteiger partial charge in [0.1, 0.15) is 5.82 Å². The molecule has 0 saturated carbocycles. The SMILES string of the molecule is Cc1cn(-c2cc[c]cc2F)cn1. The summed E-state index contributed by atoms with van der Waals surface area (Å²) in [6, 6.07) is 7.32. The Morgan fingerprint density at radius 3 is 3.00 bits per heavy atom. The second kappa shape index (κ2) is 3.01. The highest BCUT2D eigenvalue weighted by Crippen LogP contribution is 2.12. The maximum atomic E-state index is 13.2. The van der Waals surface area contributed by atoms with Crippen LogP contribution in [0, 0.1) is 18.8 Å². The summed E-state index contributed by atoms with van der Waals surface area (Å²) in [4.78, 5) is 4.02. The molecule has 2 rings (SSSR count). The quantitative estimate of drug-likeness (QED) is 0.649. The van der Waals surface area contributed by atoms with Crippen LogP contribution >= 0.6 is 0 Å². The standard InChI is InChI=1S/C10H8FN2/c1-8-6-13(7-12-8)10-5-3-2-4-9(10)11/h3-7H,1H3. The number of rotatable bonds is 1. The third-order valence-corrected chi connectivity index (χ3v) is 1.78. The third kappa shape index (κ3) is 1.45. The van der Waals surface area contributed by atoms with Gasteiger partial charge in [-0.1, -0.05) is 6.07 Å². The monoisotopic (exact) mass is 175 g/mol. The lowest BCUT2D eigenvalue weighted by Crippen LogP contribution is -1.93. The van der Waals surface area contributed by atoms with Crippen LogP contribution in [-0.4, -0.2) is 9.55 Å². The molecule has 0 aliphatic rings. The lowest BCUT2D eigenvalue weighted by Gasteiger charge is -2.01. The van der Waals surface area contributed by atoms with Crippen LogP contribution in [0.15, 0.2) is 30.7 Å². The largest absolute Gasteiger partial charge is 0.303 e. The molecule has 0 N–H and O–H groups in total. The fourth-order valence-corrected chi connectivity index (χ4v) is 1.16. The van der Waals surface area contributed by atoms with Crippen LogP contribution in [-0.2, 0) is 0 Å². The van der Waals surface area contributed by atoms with Gasteiger partial charge in [-0.2, -0.15) is 0 Å². The second-order valence-electron chi connectivity index (χ2n) is 2.80. The number of halogens is 1. The first-order valence-corrected chi connectivity index (χ1v) is 3.94. The molecule has 0 aliphatic carbocycles. The summed E-state index contributed by atoms with van der Waals surface area (Å²) in [7, 11) is 0. The van der Waals surface area contributed by atoms with E-state index in [0.717, 1.165) is 5.69 Å². The van der Waals surface area contributed by atoms with Crippen molar-refractivity contribution in [1.82, 2.24) is 9.55 Å². The highest BCUT2D eigenvalue weighted by atomic mass is 19.1. The molecule has 0 aliphatic heterocycles. The van der Waals surface area contributed by atoms with E-state index in [1.807, 2.05) is 6.92 Å². The van der Waals surface area contributed by atoms with Crippen molar-refractivity contribution in [2.45, 2.75) is 6.92 Å². The van der Waals surface area contributed by atoms with Crippen molar-refractivity contribution >= 4 is 0 Å². The highest BCUT2D eigenvalue weighted by molar-refractivity contribution is 5.33. The zero-order chi connectivity index (χ0) is 9.26. The number of nitrogens with zero attached hydrogens (tertiary/aromatic N) is 2. The van der Waals surface area contributed by atoms with Gasteiger partial charge < -0.3 is 4.57 Å². The van der Waals surface area contributed by atoms with Crippen LogP contribution in [0.1, 0.15) is 5.69 Å². The molecule has 1 radical (unpaired) electrons. The Kier molecular flexibility index (Phi) is 1.85. The molecule has 1 heterocycles. The Morgan fingerprint density at radius 1 is 1.54 bits per heavy atom. The van der Waals surface area contributed by atoms with Gasteiger partial charge in [-0.15, -0.1) is 0 Å². The summed E-state index contributed by atoms with van der Waals surface area (Å²) in [6.07, 6.45) is 3.37. The molecule has 2 aromatic rings. The van der Waals surface area contributed by atoms with E-state index in [2.05, 4.69) is 11.1 Å². The molecule has 0 fully saturated rings. The van der Waals surface area contributed by atoms with Crippen molar-refractivity contribution in [2.24, 2.45) is 0 Å². The van der Waals surface area contributed by atoms with Crippen molar-refractivity contribution in [3.63, 3.8) is 0 Å². The summed E-state index contributed by atoms with van der Waals surface area (Å²) >= 11 is 0. The van der Waals surface area contributed by atoms with Gasteiger partial charge in [0.2, 0.25) is 0 Å². The second-order valence-corrected chi connectivity index (χ2v) is 2.80. The van der Waals surface area contributed by atoms with Crippen LogP contribution in [0.25, 0.3) is 5.69 Å². The summed E-state index contributed by atoms with van der Waals surface area (Å²) in [5, 5.41) is 0. The lowest BCUT2D eigenvalue weighted by atomic mass is 10.3. The first-order valence-electron chi connectivity index (χ1n) is 3.94. The zero-order valence-electron chi connectivity index (χ0n) is 7.16. The molecule has 0 amide bonds. The van der Waals surface area contributed by atoms with E-state index in [4.69, 9.17) is 0 Å². The van der Waals surface area contributed by atoms with Crippen LogP contribution in [0.5, 0.6) is 0 Å². The fourth-order valence-electron chi connectivity index (χ4n) is 1.16. The van der Waals surface area contributed by atoms with Gasteiger partial charge in [-0.3, -0.25) is 0 Å². The molecule has 0 bridgehead atoms. The Bertz CT molecular complexity index is 420. The van der Waals surface area contributed by atoms with Crippen molar-refractivity contribution < 1.29 is 4.39 Å². The Morgan fingerprint density at radius 2 is 2.38 bits per heavy atom.